The van der Waals surface area contributed by atoms with Crippen molar-refractivity contribution in [3.63, 3.8) is 0 Å². The highest BCUT2D eigenvalue weighted by Gasteiger charge is 2.13. The highest BCUT2D eigenvalue weighted by molar-refractivity contribution is 5.71. The minimum absolute atomic E-state index is 0.00651. The van der Waals surface area contributed by atoms with Crippen LogP contribution in [-0.4, -0.2) is 12.6 Å². The molecule has 0 aromatic carbocycles. The van der Waals surface area contributed by atoms with Crippen molar-refractivity contribution in [3.05, 3.63) is 0 Å². The van der Waals surface area contributed by atoms with E-state index < -0.39 is 0 Å². The molecule has 0 aromatic heterocycles. The molecular formula is C20H40O2. The molecule has 0 fully saturated rings. The van der Waals surface area contributed by atoms with Crippen LogP contribution in [0.3, 0.4) is 0 Å². The molecule has 0 aliphatic heterocycles. The third-order valence-corrected chi connectivity index (χ3v) is 4.39. The summed E-state index contributed by atoms with van der Waals surface area (Å²) in [7, 11) is 0. The van der Waals surface area contributed by atoms with Gasteiger partial charge in [0.05, 0.1) is 12.5 Å². The van der Waals surface area contributed by atoms with Gasteiger partial charge in [-0.3, -0.25) is 4.79 Å². The third-order valence-electron chi connectivity index (χ3n) is 4.39. The van der Waals surface area contributed by atoms with E-state index >= 15 is 0 Å². The first kappa shape index (κ1) is 21.5. The lowest BCUT2D eigenvalue weighted by Gasteiger charge is -2.11. The van der Waals surface area contributed by atoms with E-state index in [1.165, 1.54) is 70.6 Å². The van der Waals surface area contributed by atoms with E-state index in [9.17, 15) is 4.79 Å². The van der Waals surface area contributed by atoms with E-state index in [1.54, 1.807) is 0 Å². The van der Waals surface area contributed by atoms with Crippen LogP contribution in [0, 0.1) is 5.92 Å². The second-order valence-electron chi connectivity index (χ2n) is 6.75. The Morgan fingerprint density at radius 3 is 1.73 bits per heavy atom. The van der Waals surface area contributed by atoms with E-state index in [4.69, 9.17) is 4.74 Å². The van der Waals surface area contributed by atoms with Gasteiger partial charge in [-0.2, -0.15) is 0 Å². The largest absolute Gasteiger partial charge is 0.465 e. The maximum absolute atomic E-state index is 11.8. The van der Waals surface area contributed by atoms with Gasteiger partial charge in [0.1, 0.15) is 0 Å². The van der Waals surface area contributed by atoms with E-state index in [1.807, 2.05) is 6.92 Å². The predicted octanol–water partition coefficient (Wildman–Crippen LogP) is 6.67. The summed E-state index contributed by atoms with van der Waals surface area (Å²) in [6.07, 6.45) is 17.7. The lowest BCUT2D eigenvalue weighted by Crippen LogP contribution is -2.15. The summed E-state index contributed by atoms with van der Waals surface area (Å²) < 4.78 is 5.37. The molecule has 0 heterocycles. The molecule has 0 aliphatic rings. The van der Waals surface area contributed by atoms with Crippen LogP contribution >= 0.6 is 0 Å². The molecule has 0 saturated carbocycles. The van der Waals surface area contributed by atoms with Crippen LogP contribution in [0.5, 0.6) is 0 Å². The molecule has 0 rings (SSSR count). The zero-order valence-electron chi connectivity index (χ0n) is 15.5. The first-order valence-corrected chi connectivity index (χ1v) is 9.89. The number of carbonyl (C=O) groups is 1. The summed E-state index contributed by atoms with van der Waals surface area (Å²) in [5.74, 6) is 0.0849. The van der Waals surface area contributed by atoms with E-state index in [0.29, 0.717) is 6.61 Å². The Labute approximate surface area is 139 Å². The zero-order valence-corrected chi connectivity index (χ0v) is 15.5. The Kier molecular flexibility index (Phi) is 16.4. The molecule has 0 radical (unpaired) electrons. The summed E-state index contributed by atoms with van der Waals surface area (Å²) >= 11 is 0. The molecule has 0 amide bonds. The number of ether oxygens (including phenoxy) is 1. The van der Waals surface area contributed by atoms with Gasteiger partial charge in [0.2, 0.25) is 0 Å². The predicted molar refractivity (Wildman–Crippen MR) is 96.1 cm³/mol. The number of carbonyl (C=O) groups excluding carboxylic acids is 1. The molecule has 0 spiro atoms. The molecule has 132 valence electrons. The monoisotopic (exact) mass is 312 g/mol. The Morgan fingerprint density at radius 2 is 1.18 bits per heavy atom. The molecule has 22 heavy (non-hydrogen) atoms. The summed E-state index contributed by atoms with van der Waals surface area (Å²) in [6, 6.07) is 0. The van der Waals surface area contributed by atoms with Crippen molar-refractivity contribution in [2.45, 2.75) is 111 Å². The molecule has 0 N–H and O–H groups in total. The molecule has 1 atom stereocenters. The fourth-order valence-electron chi connectivity index (χ4n) is 2.72. The second-order valence-corrected chi connectivity index (χ2v) is 6.75. The molecule has 0 aromatic rings. The number of hydrogen-bond acceptors (Lipinski definition) is 2. The maximum atomic E-state index is 11.8. The standard InChI is InChI=1S/C20H40O2/c1-4-6-8-9-10-11-12-13-14-16-18-22-20(21)19(3)17-15-7-5-2/h19H,4-18H2,1-3H3. The minimum Gasteiger partial charge on any atom is -0.465 e. The van der Waals surface area contributed by atoms with Crippen molar-refractivity contribution in [2.75, 3.05) is 6.61 Å². The number of esters is 1. The van der Waals surface area contributed by atoms with Crippen LogP contribution < -0.4 is 0 Å². The lowest BCUT2D eigenvalue weighted by molar-refractivity contribution is -0.148. The quantitative estimate of drug-likeness (QED) is 0.235. The number of hydrogen-bond donors (Lipinski definition) is 0. The van der Waals surface area contributed by atoms with Crippen LogP contribution in [-0.2, 0) is 9.53 Å². The average Bonchev–Trinajstić information content (AvgIpc) is 2.52. The molecule has 0 bridgehead atoms. The summed E-state index contributed by atoms with van der Waals surface area (Å²) in [4.78, 5) is 11.8. The van der Waals surface area contributed by atoms with E-state index in [2.05, 4.69) is 13.8 Å². The maximum Gasteiger partial charge on any atom is 0.308 e. The van der Waals surface area contributed by atoms with Gasteiger partial charge >= 0.3 is 5.97 Å². The summed E-state index contributed by atoms with van der Waals surface area (Å²) in [6.45, 7) is 7.07. The average molecular weight is 313 g/mol. The van der Waals surface area contributed by atoms with E-state index in [-0.39, 0.29) is 11.9 Å². The van der Waals surface area contributed by atoms with Gasteiger partial charge in [0.25, 0.3) is 0 Å². The topological polar surface area (TPSA) is 26.3 Å². The number of unbranched alkanes of at least 4 members (excludes halogenated alkanes) is 11. The van der Waals surface area contributed by atoms with Gasteiger partial charge in [0.15, 0.2) is 0 Å². The fraction of sp³-hybridized carbons (Fsp3) is 0.950. The molecule has 1 unspecified atom stereocenters. The van der Waals surface area contributed by atoms with Crippen molar-refractivity contribution in [2.24, 2.45) is 5.92 Å². The molecule has 0 saturated heterocycles. The van der Waals surface area contributed by atoms with Gasteiger partial charge in [0, 0.05) is 0 Å². The van der Waals surface area contributed by atoms with Crippen molar-refractivity contribution < 1.29 is 9.53 Å². The highest BCUT2D eigenvalue weighted by atomic mass is 16.5. The van der Waals surface area contributed by atoms with Crippen LogP contribution in [0.1, 0.15) is 111 Å². The van der Waals surface area contributed by atoms with Crippen LogP contribution in [0.25, 0.3) is 0 Å². The van der Waals surface area contributed by atoms with Crippen molar-refractivity contribution in [3.8, 4) is 0 Å². The third kappa shape index (κ3) is 14.4. The van der Waals surface area contributed by atoms with Crippen LogP contribution in [0.15, 0.2) is 0 Å². The fourth-order valence-corrected chi connectivity index (χ4v) is 2.72. The molecule has 0 aliphatic carbocycles. The van der Waals surface area contributed by atoms with Gasteiger partial charge in [-0.15, -0.1) is 0 Å². The first-order chi connectivity index (χ1) is 10.7. The Hall–Kier alpha value is -0.530. The van der Waals surface area contributed by atoms with Crippen molar-refractivity contribution in [1.82, 2.24) is 0 Å². The van der Waals surface area contributed by atoms with Crippen LogP contribution in [0.2, 0.25) is 0 Å². The summed E-state index contributed by atoms with van der Waals surface area (Å²) in [5.41, 5.74) is 0. The molecule has 2 heteroatoms. The van der Waals surface area contributed by atoms with Gasteiger partial charge < -0.3 is 4.74 Å². The number of rotatable bonds is 16. The SMILES string of the molecule is CCCCCCCCCCCCOC(=O)C(C)CCCCC. The Balaban J connectivity index is 3.26. The van der Waals surface area contributed by atoms with Crippen LogP contribution in [0.4, 0.5) is 0 Å². The zero-order chi connectivity index (χ0) is 16.5. The molecule has 2 nitrogen and oxygen atoms in total. The highest BCUT2D eigenvalue weighted by Crippen LogP contribution is 2.13. The Bertz CT molecular complexity index is 238. The van der Waals surface area contributed by atoms with Gasteiger partial charge in [-0.1, -0.05) is 97.8 Å². The van der Waals surface area contributed by atoms with Gasteiger partial charge in [-0.05, 0) is 12.8 Å². The van der Waals surface area contributed by atoms with Gasteiger partial charge in [-0.25, -0.2) is 0 Å². The minimum atomic E-state index is 0.00651. The molecular weight excluding hydrogens is 272 g/mol. The first-order valence-electron chi connectivity index (χ1n) is 9.89. The second kappa shape index (κ2) is 16.8. The Morgan fingerprint density at radius 1 is 0.727 bits per heavy atom. The normalized spacial score (nSPS) is 12.3. The smallest absolute Gasteiger partial charge is 0.308 e. The van der Waals surface area contributed by atoms with E-state index in [0.717, 1.165) is 19.3 Å². The summed E-state index contributed by atoms with van der Waals surface area (Å²) in [5, 5.41) is 0. The van der Waals surface area contributed by atoms with Crippen molar-refractivity contribution in [1.29, 1.82) is 0 Å². The van der Waals surface area contributed by atoms with Crippen molar-refractivity contribution >= 4 is 5.97 Å². The lowest BCUT2D eigenvalue weighted by atomic mass is 10.0.